The number of rotatable bonds is 3. The lowest BCUT2D eigenvalue weighted by Gasteiger charge is -2.31. The van der Waals surface area contributed by atoms with Crippen molar-refractivity contribution in [2.45, 2.75) is 51.7 Å². The van der Waals surface area contributed by atoms with Gasteiger partial charge in [0.25, 0.3) is 0 Å². The first kappa shape index (κ1) is 12.3. The first-order valence-electron chi connectivity index (χ1n) is 5.48. The second-order valence-corrected chi connectivity index (χ2v) is 5.52. The number of carbonyl (C=O) groups is 1. The number of hydrogen-bond acceptors (Lipinski definition) is 3. The van der Waals surface area contributed by atoms with Gasteiger partial charge < -0.3 is 15.8 Å². The predicted molar refractivity (Wildman–Crippen MR) is 59.6 cm³/mol. The molecule has 1 unspecified atom stereocenters. The third-order valence-corrected chi connectivity index (χ3v) is 2.69. The highest BCUT2D eigenvalue weighted by atomic mass is 16.6. The molecule has 1 fully saturated rings. The lowest BCUT2D eigenvalue weighted by atomic mass is 9.96. The average molecular weight is 214 g/mol. The summed E-state index contributed by atoms with van der Waals surface area (Å²) in [4.78, 5) is 11.6. The summed E-state index contributed by atoms with van der Waals surface area (Å²) in [5.74, 6) is 0.509. The first-order chi connectivity index (χ1) is 6.77. The van der Waals surface area contributed by atoms with E-state index in [1.807, 2.05) is 27.7 Å². The molecule has 0 bridgehead atoms. The fourth-order valence-corrected chi connectivity index (χ4v) is 1.58. The Labute approximate surface area is 91.5 Å². The zero-order valence-electron chi connectivity index (χ0n) is 10.1. The fourth-order valence-electron chi connectivity index (χ4n) is 1.58. The van der Waals surface area contributed by atoms with Crippen LogP contribution in [0.15, 0.2) is 0 Å². The molecule has 0 radical (unpaired) electrons. The van der Waals surface area contributed by atoms with Gasteiger partial charge in [0.05, 0.1) is 5.54 Å². The molecule has 1 atom stereocenters. The van der Waals surface area contributed by atoms with Crippen LogP contribution in [0.5, 0.6) is 0 Å². The summed E-state index contributed by atoms with van der Waals surface area (Å²) in [7, 11) is 0. The molecule has 0 spiro atoms. The van der Waals surface area contributed by atoms with Crippen molar-refractivity contribution >= 4 is 6.09 Å². The first-order valence-corrected chi connectivity index (χ1v) is 5.48. The molecule has 1 rings (SSSR count). The van der Waals surface area contributed by atoms with E-state index in [4.69, 9.17) is 10.5 Å². The van der Waals surface area contributed by atoms with Crippen molar-refractivity contribution in [2.75, 3.05) is 6.54 Å². The Morgan fingerprint density at radius 3 is 2.27 bits per heavy atom. The summed E-state index contributed by atoms with van der Waals surface area (Å²) in [6.45, 7) is 7.99. The number of alkyl carbamates (subject to hydrolysis) is 1. The normalized spacial score (nSPS) is 20.6. The molecule has 88 valence electrons. The van der Waals surface area contributed by atoms with Crippen molar-refractivity contribution in [3.8, 4) is 0 Å². The van der Waals surface area contributed by atoms with Gasteiger partial charge in [0.1, 0.15) is 5.60 Å². The molecule has 1 amide bonds. The summed E-state index contributed by atoms with van der Waals surface area (Å²) in [6, 6.07) is 0. The molecule has 0 saturated heterocycles. The van der Waals surface area contributed by atoms with E-state index in [2.05, 4.69) is 5.32 Å². The number of nitrogens with two attached hydrogens (primary N) is 1. The Morgan fingerprint density at radius 1 is 1.40 bits per heavy atom. The second-order valence-electron chi connectivity index (χ2n) is 5.52. The summed E-state index contributed by atoms with van der Waals surface area (Å²) >= 11 is 0. The molecule has 1 aliphatic carbocycles. The van der Waals surface area contributed by atoms with E-state index in [1.165, 1.54) is 0 Å². The zero-order chi connectivity index (χ0) is 11.7. The Kier molecular flexibility index (Phi) is 3.28. The molecular weight excluding hydrogens is 192 g/mol. The number of carbonyl (C=O) groups excluding carboxylic acids is 1. The number of nitrogens with one attached hydrogen (secondary N) is 1. The Balaban J connectivity index is 2.48. The largest absolute Gasteiger partial charge is 0.444 e. The summed E-state index contributed by atoms with van der Waals surface area (Å²) in [6.07, 6.45) is 1.91. The quantitative estimate of drug-likeness (QED) is 0.750. The van der Waals surface area contributed by atoms with Crippen LogP contribution in [0.1, 0.15) is 40.5 Å². The fraction of sp³-hybridized carbons (Fsp3) is 0.909. The molecule has 0 aliphatic heterocycles. The maximum Gasteiger partial charge on any atom is 0.408 e. The van der Waals surface area contributed by atoms with E-state index in [0.717, 1.165) is 12.8 Å². The number of hydrogen-bond donors (Lipinski definition) is 2. The van der Waals surface area contributed by atoms with Crippen LogP contribution >= 0.6 is 0 Å². The molecule has 0 aromatic rings. The lowest BCUT2D eigenvalue weighted by Crippen LogP contribution is -2.54. The van der Waals surface area contributed by atoms with Gasteiger partial charge >= 0.3 is 6.09 Å². The summed E-state index contributed by atoms with van der Waals surface area (Å²) in [5, 5.41) is 2.88. The Bertz CT molecular complexity index is 243. The van der Waals surface area contributed by atoms with Gasteiger partial charge in [0, 0.05) is 6.54 Å². The van der Waals surface area contributed by atoms with Gasteiger partial charge in [-0.25, -0.2) is 4.79 Å². The highest BCUT2D eigenvalue weighted by Gasteiger charge is 2.42. The van der Waals surface area contributed by atoms with E-state index in [-0.39, 0.29) is 11.6 Å². The van der Waals surface area contributed by atoms with Gasteiger partial charge in [0.2, 0.25) is 0 Å². The van der Waals surface area contributed by atoms with Gasteiger partial charge in [-0.2, -0.15) is 0 Å². The van der Waals surface area contributed by atoms with Crippen LogP contribution in [0.2, 0.25) is 0 Å². The van der Waals surface area contributed by atoms with Crippen LogP contribution in [-0.2, 0) is 4.74 Å². The van der Waals surface area contributed by atoms with Crippen LogP contribution in [0.3, 0.4) is 0 Å². The second kappa shape index (κ2) is 4.00. The lowest BCUT2D eigenvalue weighted by molar-refractivity contribution is 0.0454. The maximum atomic E-state index is 11.6. The van der Waals surface area contributed by atoms with E-state index in [0.29, 0.717) is 12.5 Å². The van der Waals surface area contributed by atoms with Crippen molar-refractivity contribution in [3.63, 3.8) is 0 Å². The van der Waals surface area contributed by atoms with Gasteiger partial charge in [-0.3, -0.25) is 0 Å². The minimum atomic E-state index is -0.455. The van der Waals surface area contributed by atoms with Crippen LogP contribution in [0.25, 0.3) is 0 Å². The van der Waals surface area contributed by atoms with Crippen molar-refractivity contribution in [1.29, 1.82) is 0 Å². The zero-order valence-corrected chi connectivity index (χ0v) is 10.1. The molecule has 1 saturated carbocycles. The standard InChI is InChI=1S/C11H22N2O2/c1-10(2,3)15-9(14)13-11(4,7-12)8-5-6-8/h8H,5-7,12H2,1-4H3,(H,13,14). The highest BCUT2D eigenvalue weighted by molar-refractivity contribution is 5.69. The molecule has 0 aromatic carbocycles. The van der Waals surface area contributed by atoms with E-state index in [9.17, 15) is 4.79 Å². The van der Waals surface area contributed by atoms with Crippen molar-refractivity contribution in [1.82, 2.24) is 5.32 Å². The average Bonchev–Trinajstić information content (AvgIpc) is 2.81. The van der Waals surface area contributed by atoms with Crippen LogP contribution in [0, 0.1) is 5.92 Å². The van der Waals surface area contributed by atoms with Gasteiger partial charge in [0.15, 0.2) is 0 Å². The van der Waals surface area contributed by atoms with E-state index in [1.54, 1.807) is 0 Å². The third kappa shape index (κ3) is 3.70. The van der Waals surface area contributed by atoms with Crippen LogP contribution in [-0.4, -0.2) is 23.8 Å². The van der Waals surface area contributed by atoms with E-state index >= 15 is 0 Å². The van der Waals surface area contributed by atoms with Crippen molar-refractivity contribution < 1.29 is 9.53 Å². The van der Waals surface area contributed by atoms with Gasteiger partial charge in [-0.1, -0.05) is 0 Å². The molecule has 15 heavy (non-hydrogen) atoms. The Morgan fingerprint density at radius 2 is 1.93 bits per heavy atom. The van der Waals surface area contributed by atoms with E-state index < -0.39 is 5.60 Å². The minimum absolute atomic E-state index is 0.303. The molecule has 0 aromatic heterocycles. The summed E-state index contributed by atoms with van der Waals surface area (Å²) in [5.41, 5.74) is 4.93. The monoisotopic (exact) mass is 214 g/mol. The third-order valence-electron chi connectivity index (χ3n) is 2.69. The maximum absolute atomic E-state index is 11.6. The number of amides is 1. The van der Waals surface area contributed by atoms with Crippen molar-refractivity contribution in [3.05, 3.63) is 0 Å². The molecule has 0 heterocycles. The molecule has 3 N–H and O–H groups in total. The molecule has 4 nitrogen and oxygen atoms in total. The topological polar surface area (TPSA) is 64.3 Å². The molecular formula is C11H22N2O2. The van der Waals surface area contributed by atoms with Gasteiger partial charge in [-0.05, 0) is 46.5 Å². The summed E-state index contributed by atoms with van der Waals surface area (Å²) < 4.78 is 5.21. The highest BCUT2D eigenvalue weighted by Crippen LogP contribution is 2.39. The van der Waals surface area contributed by atoms with Crippen LogP contribution in [0.4, 0.5) is 4.79 Å². The molecule has 4 heteroatoms. The number of ether oxygens (including phenoxy) is 1. The van der Waals surface area contributed by atoms with Crippen molar-refractivity contribution in [2.24, 2.45) is 11.7 Å². The van der Waals surface area contributed by atoms with Gasteiger partial charge in [-0.15, -0.1) is 0 Å². The minimum Gasteiger partial charge on any atom is -0.444 e. The predicted octanol–water partition coefficient (Wildman–Crippen LogP) is 1.64. The smallest absolute Gasteiger partial charge is 0.408 e. The Hall–Kier alpha value is -0.770. The SMILES string of the molecule is CC(C)(C)OC(=O)NC(C)(CN)C1CC1. The molecule has 1 aliphatic rings. The van der Waals surface area contributed by atoms with Crippen LogP contribution < -0.4 is 11.1 Å².